The van der Waals surface area contributed by atoms with Crippen molar-refractivity contribution in [1.82, 2.24) is 0 Å². The fourth-order valence-corrected chi connectivity index (χ4v) is 2.44. The minimum Gasteiger partial charge on any atom is -0.491 e. The van der Waals surface area contributed by atoms with Gasteiger partial charge in [-0.3, -0.25) is 0 Å². The molecule has 1 aromatic rings. The topological polar surface area (TPSA) is 57.2 Å². The molecule has 0 aromatic heterocycles. The van der Waals surface area contributed by atoms with Crippen molar-refractivity contribution in [3.8, 4) is 5.75 Å². The second-order valence-corrected chi connectivity index (χ2v) is 5.96. The second-order valence-electron chi connectivity index (χ2n) is 5.96. The van der Waals surface area contributed by atoms with Gasteiger partial charge in [0.25, 0.3) is 0 Å². The van der Waals surface area contributed by atoms with Crippen LogP contribution in [0.5, 0.6) is 5.75 Å². The SMILES string of the molecule is CC1(C)CO[C@@]2(OC[C@H](COc3ccccc3)O2)[C@@H]1O. The van der Waals surface area contributed by atoms with Crippen LogP contribution in [0.3, 0.4) is 0 Å². The van der Waals surface area contributed by atoms with Crippen LogP contribution in [-0.2, 0) is 14.2 Å². The van der Waals surface area contributed by atoms with Crippen molar-refractivity contribution in [2.24, 2.45) is 5.41 Å². The van der Waals surface area contributed by atoms with E-state index >= 15 is 0 Å². The number of rotatable bonds is 3. The van der Waals surface area contributed by atoms with Gasteiger partial charge in [-0.05, 0) is 12.1 Å². The van der Waals surface area contributed by atoms with E-state index in [9.17, 15) is 5.11 Å². The van der Waals surface area contributed by atoms with Crippen LogP contribution < -0.4 is 4.74 Å². The zero-order chi connectivity index (χ0) is 14.2. The molecule has 5 nitrogen and oxygen atoms in total. The average molecular weight is 280 g/mol. The largest absolute Gasteiger partial charge is 0.491 e. The van der Waals surface area contributed by atoms with Crippen molar-refractivity contribution < 1.29 is 24.1 Å². The molecule has 5 heteroatoms. The van der Waals surface area contributed by atoms with E-state index in [0.29, 0.717) is 19.8 Å². The van der Waals surface area contributed by atoms with Crippen LogP contribution in [0.2, 0.25) is 0 Å². The quantitative estimate of drug-likeness (QED) is 0.910. The van der Waals surface area contributed by atoms with Gasteiger partial charge >= 0.3 is 5.97 Å². The van der Waals surface area contributed by atoms with Gasteiger partial charge in [0.15, 0.2) is 0 Å². The van der Waals surface area contributed by atoms with Crippen LogP contribution in [0.25, 0.3) is 0 Å². The van der Waals surface area contributed by atoms with Gasteiger partial charge in [-0.15, -0.1) is 0 Å². The predicted octanol–water partition coefficient (Wildman–Crippen LogP) is 1.55. The number of aliphatic hydroxyl groups is 1. The second kappa shape index (κ2) is 5.00. The van der Waals surface area contributed by atoms with Gasteiger partial charge in [-0.1, -0.05) is 32.0 Å². The summed E-state index contributed by atoms with van der Waals surface area (Å²) in [6, 6.07) is 9.53. The molecule has 2 saturated heterocycles. The third-order valence-electron chi connectivity index (χ3n) is 3.70. The lowest BCUT2D eigenvalue weighted by Crippen LogP contribution is -2.45. The lowest BCUT2D eigenvalue weighted by atomic mass is 9.89. The van der Waals surface area contributed by atoms with Gasteiger partial charge < -0.3 is 24.1 Å². The maximum atomic E-state index is 10.3. The molecular formula is C15H20O5. The molecule has 0 bridgehead atoms. The van der Waals surface area contributed by atoms with Crippen molar-refractivity contribution in [3.63, 3.8) is 0 Å². The molecule has 0 saturated carbocycles. The van der Waals surface area contributed by atoms with Gasteiger partial charge in [0, 0.05) is 5.41 Å². The standard InChI is InChI=1S/C15H20O5/c1-14(2)10-19-15(13(14)16)18-9-12(20-15)8-17-11-6-4-3-5-7-11/h3-7,12-13,16H,8-10H2,1-2H3/t12-,13+,15-/m0/s1. The molecule has 1 N–H and O–H groups in total. The van der Waals surface area contributed by atoms with Gasteiger partial charge in [0.05, 0.1) is 13.2 Å². The number of hydrogen-bond acceptors (Lipinski definition) is 5. The summed E-state index contributed by atoms with van der Waals surface area (Å²) in [4.78, 5) is 0. The number of hydrogen-bond donors (Lipinski definition) is 1. The Morgan fingerprint density at radius 2 is 2.00 bits per heavy atom. The number of ether oxygens (including phenoxy) is 4. The van der Waals surface area contributed by atoms with Gasteiger partial charge in [0.1, 0.15) is 24.6 Å². The molecule has 1 spiro atoms. The molecule has 3 atom stereocenters. The first kappa shape index (κ1) is 13.8. The van der Waals surface area contributed by atoms with E-state index in [0.717, 1.165) is 5.75 Å². The van der Waals surface area contributed by atoms with Crippen LogP contribution in [0.4, 0.5) is 0 Å². The Morgan fingerprint density at radius 1 is 1.25 bits per heavy atom. The van der Waals surface area contributed by atoms with Crippen LogP contribution >= 0.6 is 0 Å². The molecule has 1 aromatic carbocycles. The summed E-state index contributed by atoms with van der Waals surface area (Å²) in [6.07, 6.45) is -1.06. The van der Waals surface area contributed by atoms with Crippen molar-refractivity contribution in [2.45, 2.75) is 32.0 Å². The fraction of sp³-hybridized carbons (Fsp3) is 0.600. The van der Waals surface area contributed by atoms with Crippen LogP contribution in [0.1, 0.15) is 13.8 Å². The highest BCUT2D eigenvalue weighted by Crippen LogP contribution is 2.44. The van der Waals surface area contributed by atoms with E-state index in [4.69, 9.17) is 18.9 Å². The molecule has 0 unspecified atom stereocenters. The summed E-state index contributed by atoms with van der Waals surface area (Å²) < 4.78 is 22.5. The summed E-state index contributed by atoms with van der Waals surface area (Å²) in [7, 11) is 0. The van der Waals surface area contributed by atoms with Crippen molar-refractivity contribution >= 4 is 0 Å². The predicted molar refractivity (Wildman–Crippen MR) is 71.2 cm³/mol. The summed E-state index contributed by atoms with van der Waals surface area (Å²) in [5, 5.41) is 10.3. The van der Waals surface area contributed by atoms with Gasteiger partial charge in [0.2, 0.25) is 0 Å². The molecule has 0 amide bonds. The maximum absolute atomic E-state index is 10.3. The first-order valence-corrected chi connectivity index (χ1v) is 6.83. The monoisotopic (exact) mass is 280 g/mol. The number of aliphatic hydroxyl groups excluding tert-OH is 1. The highest BCUT2D eigenvalue weighted by molar-refractivity contribution is 5.20. The molecule has 110 valence electrons. The lowest BCUT2D eigenvalue weighted by molar-refractivity contribution is -0.346. The molecular weight excluding hydrogens is 260 g/mol. The highest BCUT2D eigenvalue weighted by atomic mass is 16.9. The first-order valence-electron chi connectivity index (χ1n) is 6.83. The molecule has 2 aliphatic heterocycles. The van der Waals surface area contributed by atoms with E-state index in [1.807, 2.05) is 44.2 Å². The minimum atomic E-state index is -1.33. The van der Waals surface area contributed by atoms with Crippen molar-refractivity contribution in [2.75, 3.05) is 19.8 Å². The Labute approximate surface area is 118 Å². The third kappa shape index (κ3) is 2.42. The molecule has 2 heterocycles. The average Bonchev–Trinajstić information content (AvgIpc) is 2.96. The lowest BCUT2D eigenvalue weighted by Gasteiger charge is -2.28. The zero-order valence-electron chi connectivity index (χ0n) is 11.7. The molecule has 0 aliphatic carbocycles. The van der Waals surface area contributed by atoms with Crippen LogP contribution in [-0.4, -0.2) is 43.1 Å². The molecule has 20 heavy (non-hydrogen) atoms. The smallest absolute Gasteiger partial charge is 0.311 e. The Bertz CT molecular complexity index is 461. The summed E-state index contributed by atoms with van der Waals surface area (Å²) in [5.74, 6) is -0.543. The molecule has 0 radical (unpaired) electrons. The number of para-hydroxylation sites is 1. The van der Waals surface area contributed by atoms with Crippen LogP contribution in [0.15, 0.2) is 30.3 Å². The summed E-state index contributed by atoms with van der Waals surface area (Å²) in [6.45, 7) is 4.96. The highest BCUT2D eigenvalue weighted by Gasteiger charge is 2.60. The Kier molecular flexibility index (Phi) is 3.46. The maximum Gasteiger partial charge on any atom is 0.311 e. The summed E-state index contributed by atoms with van der Waals surface area (Å²) in [5.41, 5.74) is -0.380. The van der Waals surface area contributed by atoms with E-state index in [1.54, 1.807) is 0 Å². The fourth-order valence-electron chi connectivity index (χ4n) is 2.44. The molecule has 2 aliphatic rings. The Morgan fingerprint density at radius 3 is 2.65 bits per heavy atom. The van der Waals surface area contributed by atoms with Crippen molar-refractivity contribution in [1.29, 1.82) is 0 Å². The Hall–Kier alpha value is -1.14. The molecule has 3 rings (SSSR count). The normalized spacial score (nSPS) is 35.5. The Balaban J connectivity index is 1.58. The van der Waals surface area contributed by atoms with E-state index in [2.05, 4.69) is 0 Å². The van der Waals surface area contributed by atoms with Gasteiger partial charge in [-0.2, -0.15) is 0 Å². The molecule has 2 fully saturated rings. The van der Waals surface area contributed by atoms with Crippen molar-refractivity contribution in [3.05, 3.63) is 30.3 Å². The van der Waals surface area contributed by atoms with E-state index in [1.165, 1.54) is 0 Å². The zero-order valence-corrected chi connectivity index (χ0v) is 11.7. The van der Waals surface area contributed by atoms with Gasteiger partial charge in [-0.25, -0.2) is 0 Å². The third-order valence-corrected chi connectivity index (χ3v) is 3.70. The van der Waals surface area contributed by atoms with E-state index < -0.39 is 12.1 Å². The number of benzene rings is 1. The minimum absolute atomic E-state index is 0.251. The van der Waals surface area contributed by atoms with E-state index in [-0.39, 0.29) is 11.5 Å². The first-order chi connectivity index (χ1) is 9.52. The summed E-state index contributed by atoms with van der Waals surface area (Å²) >= 11 is 0. The van der Waals surface area contributed by atoms with Crippen LogP contribution in [0, 0.1) is 5.41 Å².